The smallest absolute Gasteiger partial charge is 0.200 e. The van der Waals surface area contributed by atoms with Crippen molar-refractivity contribution in [2.24, 2.45) is 0 Å². The van der Waals surface area contributed by atoms with E-state index in [1.807, 2.05) is 13.1 Å². The van der Waals surface area contributed by atoms with Crippen molar-refractivity contribution < 1.29 is 13.5 Å². The molecular weight excluding hydrogens is 330 g/mol. The molecule has 0 bridgehead atoms. The highest BCUT2D eigenvalue weighted by atomic mass is 79.9. The molecule has 0 spiro atoms. The average Bonchev–Trinajstić information content (AvgIpc) is 2.43. The fourth-order valence-corrected chi connectivity index (χ4v) is 2.05. The molecule has 106 valence electrons. The van der Waals surface area contributed by atoms with Crippen LogP contribution in [0.4, 0.5) is 8.78 Å². The number of hydrogen-bond donors (Lipinski definition) is 1. The molecule has 0 radical (unpaired) electrons. The van der Waals surface area contributed by atoms with Crippen molar-refractivity contribution in [3.05, 3.63) is 57.8 Å². The lowest BCUT2D eigenvalue weighted by Crippen LogP contribution is -2.06. The van der Waals surface area contributed by atoms with E-state index in [4.69, 9.17) is 4.74 Å². The number of ether oxygens (including phenoxy) is 1. The quantitative estimate of drug-likeness (QED) is 0.845. The van der Waals surface area contributed by atoms with Gasteiger partial charge in [0.2, 0.25) is 5.82 Å². The molecule has 0 saturated carbocycles. The van der Waals surface area contributed by atoms with Crippen molar-refractivity contribution >= 4 is 15.9 Å². The first kappa shape index (κ1) is 14.9. The van der Waals surface area contributed by atoms with Crippen molar-refractivity contribution in [1.82, 2.24) is 10.3 Å². The number of hydrogen-bond acceptors (Lipinski definition) is 3. The lowest BCUT2D eigenvalue weighted by molar-refractivity contribution is 0.280. The first-order valence-electron chi connectivity index (χ1n) is 5.96. The van der Waals surface area contributed by atoms with Crippen LogP contribution >= 0.6 is 15.9 Å². The zero-order valence-electron chi connectivity index (χ0n) is 10.8. The highest BCUT2D eigenvalue weighted by molar-refractivity contribution is 9.10. The van der Waals surface area contributed by atoms with Crippen LogP contribution in [0.1, 0.15) is 11.3 Å². The summed E-state index contributed by atoms with van der Waals surface area (Å²) in [6.45, 7) is 0.798. The molecule has 3 nitrogen and oxygen atoms in total. The lowest BCUT2D eigenvalue weighted by atomic mass is 10.2. The van der Waals surface area contributed by atoms with Gasteiger partial charge in [-0.25, -0.2) is 4.39 Å². The minimum absolute atomic E-state index is 0.0760. The number of benzene rings is 1. The number of aromatic nitrogens is 1. The predicted molar refractivity (Wildman–Crippen MR) is 75.4 cm³/mol. The van der Waals surface area contributed by atoms with Crippen LogP contribution < -0.4 is 10.1 Å². The van der Waals surface area contributed by atoms with E-state index in [-0.39, 0.29) is 12.4 Å². The molecule has 0 unspecified atom stereocenters. The third kappa shape index (κ3) is 3.74. The largest absolute Gasteiger partial charge is 0.484 e. The van der Waals surface area contributed by atoms with Crippen molar-refractivity contribution in [2.45, 2.75) is 13.2 Å². The van der Waals surface area contributed by atoms with Crippen LogP contribution in [-0.4, -0.2) is 12.0 Å². The molecule has 1 aromatic heterocycles. The fraction of sp³-hybridized carbons (Fsp3) is 0.214. The number of rotatable bonds is 5. The number of halogens is 3. The summed E-state index contributed by atoms with van der Waals surface area (Å²) in [4.78, 5) is 4.19. The van der Waals surface area contributed by atoms with E-state index in [2.05, 4.69) is 26.2 Å². The van der Waals surface area contributed by atoms with Crippen LogP contribution in [-0.2, 0) is 13.2 Å². The Hall–Kier alpha value is -1.53. The first-order valence-corrected chi connectivity index (χ1v) is 6.75. The molecular formula is C14H13BrF2N2O. The molecule has 1 aromatic carbocycles. The van der Waals surface area contributed by atoms with Crippen molar-refractivity contribution in [3.63, 3.8) is 0 Å². The molecule has 0 atom stereocenters. The third-order valence-corrected chi connectivity index (χ3v) is 3.06. The average molecular weight is 343 g/mol. The minimum Gasteiger partial charge on any atom is -0.484 e. The molecule has 0 aliphatic carbocycles. The zero-order valence-corrected chi connectivity index (χ0v) is 12.4. The van der Waals surface area contributed by atoms with Gasteiger partial charge in [-0.1, -0.05) is 22.0 Å². The van der Waals surface area contributed by atoms with E-state index in [9.17, 15) is 8.78 Å². The summed E-state index contributed by atoms with van der Waals surface area (Å²) in [5, 5.41) is 3.01. The third-order valence-electron chi connectivity index (χ3n) is 2.60. The molecule has 6 heteroatoms. The summed E-state index contributed by atoms with van der Waals surface area (Å²) in [5.74, 6) is -2.09. The molecule has 0 fully saturated rings. The molecule has 20 heavy (non-hydrogen) atoms. The number of nitrogens with one attached hydrogen (secondary N) is 1. The Balaban J connectivity index is 2.05. The SMILES string of the molecule is CNCc1ccc(COc2cc(Br)cc(F)c2F)nc1. The summed E-state index contributed by atoms with van der Waals surface area (Å²) < 4.78 is 32.4. The van der Waals surface area contributed by atoms with Crippen molar-refractivity contribution in [3.8, 4) is 5.75 Å². The summed E-state index contributed by atoms with van der Waals surface area (Å²) in [7, 11) is 1.85. The molecule has 2 rings (SSSR count). The monoisotopic (exact) mass is 342 g/mol. The van der Waals surface area contributed by atoms with E-state index in [1.165, 1.54) is 6.07 Å². The summed E-state index contributed by atoms with van der Waals surface area (Å²) in [5.41, 5.74) is 1.68. The maximum Gasteiger partial charge on any atom is 0.200 e. The second kappa shape index (κ2) is 6.76. The second-order valence-corrected chi connectivity index (χ2v) is 5.09. The normalized spacial score (nSPS) is 10.6. The molecule has 0 aliphatic rings. The van der Waals surface area contributed by atoms with Gasteiger partial charge >= 0.3 is 0 Å². The van der Waals surface area contributed by atoms with Gasteiger partial charge < -0.3 is 10.1 Å². The standard InChI is InChI=1S/C14H13BrF2N2O/c1-18-6-9-2-3-11(19-7-9)8-20-13-5-10(15)4-12(16)14(13)17/h2-5,7,18H,6,8H2,1H3. The van der Waals surface area contributed by atoms with Crippen LogP contribution in [0.15, 0.2) is 34.9 Å². The fourth-order valence-electron chi connectivity index (χ4n) is 1.64. The highest BCUT2D eigenvalue weighted by Gasteiger charge is 2.11. The van der Waals surface area contributed by atoms with E-state index >= 15 is 0 Å². The van der Waals surface area contributed by atoms with Gasteiger partial charge in [-0.05, 0) is 30.8 Å². The Kier molecular flexibility index (Phi) is 5.03. The number of pyridine rings is 1. The minimum atomic E-state index is -1.000. The molecule has 0 amide bonds. The summed E-state index contributed by atoms with van der Waals surface area (Å²) in [6.07, 6.45) is 1.72. The molecule has 0 aliphatic heterocycles. The summed E-state index contributed by atoms with van der Waals surface area (Å²) >= 11 is 3.09. The lowest BCUT2D eigenvalue weighted by Gasteiger charge is -2.08. The van der Waals surface area contributed by atoms with Gasteiger partial charge in [0.1, 0.15) is 6.61 Å². The maximum absolute atomic E-state index is 13.5. The van der Waals surface area contributed by atoms with Gasteiger partial charge in [0.25, 0.3) is 0 Å². The molecule has 1 heterocycles. The number of nitrogens with zero attached hydrogens (tertiary/aromatic N) is 1. The Bertz CT molecular complexity index is 590. The van der Waals surface area contributed by atoms with Gasteiger partial charge in [0, 0.05) is 17.2 Å². The Morgan fingerprint density at radius 2 is 2.10 bits per heavy atom. The van der Waals surface area contributed by atoms with E-state index < -0.39 is 11.6 Å². The van der Waals surface area contributed by atoms with E-state index in [0.29, 0.717) is 10.2 Å². The molecule has 1 N–H and O–H groups in total. The summed E-state index contributed by atoms with van der Waals surface area (Å²) in [6, 6.07) is 6.12. The highest BCUT2D eigenvalue weighted by Crippen LogP contribution is 2.25. The van der Waals surface area contributed by atoms with Gasteiger partial charge in [-0.3, -0.25) is 4.98 Å². The van der Waals surface area contributed by atoms with Crippen molar-refractivity contribution in [2.75, 3.05) is 7.05 Å². The van der Waals surface area contributed by atoms with Gasteiger partial charge in [-0.15, -0.1) is 0 Å². The maximum atomic E-state index is 13.5. The first-order chi connectivity index (χ1) is 9.60. The zero-order chi connectivity index (χ0) is 14.5. The van der Waals surface area contributed by atoms with Gasteiger partial charge in [0.05, 0.1) is 5.69 Å². The van der Waals surface area contributed by atoms with E-state index in [1.54, 1.807) is 12.3 Å². The Morgan fingerprint density at radius 3 is 2.75 bits per heavy atom. The molecule has 2 aromatic rings. The Morgan fingerprint density at radius 1 is 1.30 bits per heavy atom. The van der Waals surface area contributed by atoms with Crippen LogP contribution in [0.2, 0.25) is 0 Å². The van der Waals surface area contributed by atoms with Crippen LogP contribution in [0, 0.1) is 11.6 Å². The van der Waals surface area contributed by atoms with E-state index in [0.717, 1.165) is 18.2 Å². The van der Waals surface area contributed by atoms with Crippen LogP contribution in [0.5, 0.6) is 5.75 Å². The topological polar surface area (TPSA) is 34.1 Å². The predicted octanol–water partition coefficient (Wildman–Crippen LogP) is 3.42. The van der Waals surface area contributed by atoms with Crippen LogP contribution in [0.25, 0.3) is 0 Å². The van der Waals surface area contributed by atoms with Gasteiger partial charge in [-0.2, -0.15) is 4.39 Å². The van der Waals surface area contributed by atoms with Crippen LogP contribution in [0.3, 0.4) is 0 Å². The Labute approximate surface area is 124 Å². The second-order valence-electron chi connectivity index (χ2n) is 4.18. The van der Waals surface area contributed by atoms with Crippen molar-refractivity contribution in [1.29, 1.82) is 0 Å². The van der Waals surface area contributed by atoms with Gasteiger partial charge in [0.15, 0.2) is 11.6 Å². The molecule has 0 saturated heterocycles.